The van der Waals surface area contributed by atoms with Gasteiger partial charge in [-0.2, -0.15) is 5.10 Å². The van der Waals surface area contributed by atoms with E-state index in [0.717, 1.165) is 22.5 Å². The van der Waals surface area contributed by atoms with Gasteiger partial charge in [0.05, 0.1) is 23.9 Å². The van der Waals surface area contributed by atoms with Gasteiger partial charge in [-0.1, -0.05) is 18.2 Å². The molecule has 3 N–H and O–H groups in total. The zero-order chi connectivity index (χ0) is 23.4. The molecular weight excluding hydrogens is 446 g/mol. The van der Waals surface area contributed by atoms with Crippen LogP contribution >= 0.6 is 0 Å². The van der Waals surface area contributed by atoms with Crippen LogP contribution in [0.4, 0.5) is 17.1 Å². The van der Waals surface area contributed by atoms with Crippen LogP contribution in [0, 0.1) is 10.1 Å². The molecule has 0 unspecified atom stereocenters. The van der Waals surface area contributed by atoms with Gasteiger partial charge in [0.2, 0.25) is 0 Å². The molecule has 0 saturated heterocycles. The topological polar surface area (TPSA) is 139 Å². The number of H-pyrrole nitrogens is 1. The van der Waals surface area contributed by atoms with E-state index in [1.54, 1.807) is 18.3 Å². The quantitative estimate of drug-likeness (QED) is 0.201. The summed E-state index contributed by atoms with van der Waals surface area (Å²) in [6.07, 6.45) is 3.31. The maximum atomic E-state index is 13.1. The molecule has 10 nitrogen and oxygen atoms in total. The van der Waals surface area contributed by atoms with Crippen LogP contribution in [0.15, 0.2) is 82.9 Å². The number of para-hydroxylation sites is 1. The average Bonchev–Trinajstić information content (AvgIpc) is 3.22. The molecular formula is C22H19N5O5S. The van der Waals surface area contributed by atoms with Gasteiger partial charge in [-0.25, -0.2) is 8.42 Å². The summed E-state index contributed by atoms with van der Waals surface area (Å²) >= 11 is 0. The van der Waals surface area contributed by atoms with Gasteiger partial charge in [0.1, 0.15) is 10.6 Å². The van der Waals surface area contributed by atoms with Gasteiger partial charge in [0.25, 0.3) is 15.7 Å². The number of hydrogen-bond acceptors (Lipinski definition) is 7. The minimum absolute atomic E-state index is 0.0812. The molecule has 4 rings (SSSR count). The van der Waals surface area contributed by atoms with Gasteiger partial charge in [-0.15, -0.1) is 0 Å². The summed E-state index contributed by atoms with van der Waals surface area (Å²) in [5.74, 6) is 0.558. The summed E-state index contributed by atoms with van der Waals surface area (Å²) in [6.45, 7) is 0. The minimum atomic E-state index is -4.18. The Balaban J connectivity index is 1.64. The van der Waals surface area contributed by atoms with Crippen LogP contribution in [-0.4, -0.2) is 31.6 Å². The Morgan fingerprint density at radius 1 is 1.09 bits per heavy atom. The number of anilines is 2. The van der Waals surface area contributed by atoms with Crippen LogP contribution in [0.2, 0.25) is 0 Å². The molecule has 1 heterocycles. The molecule has 0 fully saturated rings. The predicted octanol–water partition coefficient (Wildman–Crippen LogP) is 4.33. The highest BCUT2D eigenvalue weighted by molar-refractivity contribution is 7.92. The van der Waals surface area contributed by atoms with Crippen molar-refractivity contribution in [1.82, 2.24) is 4.98 Å². The first-order chi connectivity index (χ1) is 15.9. The second kappa shape index (κ2) is 9.01. The largest absolute Gasteiger partial charge is 0.497 e. The highest BCUT2D eigenvalue weighted by atomic mass is 32.2. The number of aromatic amines is 1. The fraction of sp³-hybridized carbons (Fsp3) is 0.0455. The number of aromatic nitrogens is 1. The zero-order valence-corrected chi connectivity index (χ0v) is 18.2. The highest BCUT2D eigenvalue weighted by Gasteiger charge is 2.22. The molecule has 1 aromatic heterocycles. The second-order valence-corrected chi connectivity index (χ2v) is 8.58. The van der Waals surface area contributed by atoms with Crippen molar-refractivity contribution in [2.75, 3.05) is 17.3 Å². The molecule has 0 radical (unpaired) electrons. The monoisotopic (exact) mass is 465 g/mol. The van der Waals surface area contributed by atoms with Gasteiger partial charge in [-0.05, 0) is 36.4 Å². The number of rotatable bonds is 8. The second-order valence-electron chi connectivity index (χ2n) is 6.93. The molecule has 11 heteroatoms. The number of nitrogens with zero attached hydrogens (tertiary/aromatic N) is 2. The summed E-state index contributed by atoms with van der Waals surface area (Å²) in [7, 11) is -2.68. The van der Waals surface area contributed by atoms with Gasteiger partial charge in [0.15, 0.2) is 0 Å². The van der Waals surface area contributed by atoms with Crippen molar-refractivity contribution in [3.05, 3.63) is 88.6 Å². The van der Waals surface area contributed by atoms with Crippen molar-refractivity contribution in [3.8, 4) is 5.75 Å². The van der Waals surface area contributed by atoms with Crippen LogP contribution in [0.1, 0.15) is 5.56 Å². The lowest BCUT2D eigenvalue weighted by atomic mass is 10.2. The number of sulfonamides is 1. The van der Waals surface area contributed by atoms with Crippen LogP contribution in [0.3, 0.4) is 0 Å². The molecule has 0 saturated carbocycles. The standard InChI is InChI=1S/C22H19N5O5S/c1-32-18-9-6-16(7-10-18)26-33(30,31)22-12-17(27(28)29)8-11-21(22)25-24-14-15-13-23-20-5-3-2-4-19(15)20/h2-14,23,25-26H,1H3. The van der Waals surface area contributed by atoms with E-state index in [2.05, 4.69) is 20.2 Å². The fourth-order valence-electron chi connectivity index (χ4n) is 3.18. The van der Waals surface area contributed by atoms with Crippen molar-refractivity contribution >= 4 is 44.2 Å². The Labute approximate surface area is 189 Å². The van der Waals surface area contributed by atoms with Crippen molar-refractivity contribution in [2.45, 2.75) is 4.90 Å². The van der Waals surface area contributed by atoms with Crippen LogP contribution in [-0.2, 0) is 10.0 Å². The fourth-order valence-corrected chi connectivity index (χ4v) is 4.42. The molecule has 168 valence electrons. The Hall–Kier alpha value is -4.38. The number of nitrogens with one attached hydrogen (secondary N) is 3. The van der Waals surface area contributed by atoms with E-state index >= 15 is 0 Å². The first kappa shape index (κ1) is 21.8. The molecule has 33 heavy (non-hydrogen) atoms. The predicted molar refractivity (Wildman–Crippen MR) is 126 cm³/mol. The third kappa shape index (κ3) is 4.77. The third-order valence-electron chi connectivity index (χ3n) is 4.82. The number of fused-ring (bicyclic) bond motifs is 1. The summed E-state index contributed by atoms with van der Waals surface area (Å²) in [5, 5.41) is 16.3. The maximum Gasteiger partial charge on any atom is 0.270 e. The van der Waals surface area contributed by atoms with Crippen molar-refractivity contribution < 1.29 is 18.1 Å². The number of methoxy groups -OCH3 is 1. The van der Waals surface area contributed by atoms with Crippen molar-refractivity contribution in [1.29, 1.82) is 0 Å². The first-order valence-corrected chi connectivity index (χ1v) is 11.2. The van der Waals surface area contributed by atoms with E-state index in [-0.39, 0.29) is 22.0 Å². The SMILES string of the molecule is COc1ccc(NS(=O)(=O)c2cc([N+](=O)[O-])ccc2NN=Cc2c[nH]c3ccccc23)cc1. The van der Waals surface area contributed by atoms with E-state index < -0.39 is 14.9 Å². The van der Waals surface area contributed by atoms with E-state index in [1.807, 2.05) is 24.3 Å². The van der Waals surface area contributed by atoms with E-state index in [9.17, 15) is 18.5 Å². The lowest BCUT2D eigenvalue weighted by Crippen LogP contribution is -2.15. The molecule has 4 aromatic rings. The molecule has 0 spiro atoms. The molecule has 3 aromatic carbocycles. The molecule has 0 aliphatic carbocycles. The lowest BCUT2D eigenvalue weighted by Gasteiger charge is -2.12. The van der Waals surface area contributed by atoms with Gasteiger partial charge in [0, 0.05) is 40.5 Å². The Morgan fingerprint density at radius 2 is 1.85 bits per heavy atom. The van der Waals surface area contributed by atoms with Crippen LogP contribution in [0.5, 0.6) is 5.75 Å². The summed E-state index contributed by atoms with van der Waals surface area (Å²) in [4.78, 5) is 13.4. The lowest BCUT2D eigenvalue weighted by molar-refractivity contribution is -0.385. The van der Waals surface area contributed by atoms with Crippen molar-refractivity contribution in [3.63, 3.8) is 0 Å². The molecule has 0 aliphatic rings. The molecule has 0 bridgehead atoms. The Kier molecular flexibility index (Phi) is 5.96. The van der Waals surface area contributed by atoms with Crippen LogP contribution in [0.25, 0.3) is 10.9 Å². The summed E-state index contributed by atoms with van der Waals surface area (Å²) < 4.78 is 33.6. The number of nitro groups is 1. The summed E-state index contributed by atoms with van der Waals surface area (Å²) in [6, 6.07) is 17.4. The Morgan fingerprint density at radius 3 is 2.58 bits per heavy atom. The zero-order valence-electron chi connectivity index (χ0n) is 17.3. The average molecular weight is 465 g/mol. The van der Waals surface area contributed by atoms with Crippen molar-refractivity contribution in [2.24, 2.45) is 5.10 Å². The maximum absolute atomic E-state index is 13.1. The molecule has 0 aliphatic heterocycles. The Bertz CT molecular complexity index is 1450. The molecule has 0 amide bonds. The number of nitro benzene ring substituents is 1. The van der Waals surface area contributed by atoms with E-state index in [0.29, 0.717) is 5.75 Å². The van der Waals surface area contributed by atoms with Gasteiger partial charge >= 0.3 is 0 Å². The number of ether oxygens (including phenoxy) is 1. The normalized spacial score (nSPS) is 11.5. The minimum Gasteiger partial charge on any atom is -0.497 e. The first-order valence-electron chi connectivity index (χ1n) is 9.68. The number of non-ortho nitro benzene ring substituents is 1. The smallest absolute Gasteiger partial charge is 0.270 e. The van der Waals surface area contributed by atoms with E-state index in [1.165, 1.54) is 37.6 Å². The number of benzene rings is 3. The molecule has 0 atom stereocenters. The van der Waals surface area contributed by atoms with E-state index in [4.69, 9.17) is 4.74 Å². The number of hydrogen-bond donors (Lipinski definition) is 3. The highest BCUT2D eigenvalue weighted by Crippen LogP contribution is 2.29. The summed E-state index contributed by atoms with van der Waals surface area (Å²) in [5.41, 5.74) is 4.40. The number of hydrazone groups is 1. The third-order valence-corrected chi connectivity index (χ3v) is 6.24. The van der Waals surface area contributed by atoms with Gasteiger partial charge in [-0.3, -0.25) is 20.3 Å². The van der Waals surface area contributed by atoms with Gasteiger partial charge < -0.3 is 9.72 Å². The van der Waals surface area contributed by atoms with Crippen LogP contribution < -0.4 is 14.9 Å².